The van der Waals surface area contributed by atoms with E-state index in [1.807, 2.05) is 0 Å². The average Bonchev–Trinajstić information content (AvgIpc) is 2.55. The van der Waals surface area contributed by atoms with Crippen molar-refractivity contribution in [1.82, 2.24) is 0 Å². The maximum absolute atomic E-state index is 2.38. The molecule has 0 radical (unpaired) electrons. The molecule has 0 aromatic heterocycles. The van der Waals surface area contributed by atoms with Crippen molar-refractivity contribution in [1.29, 1.82) is 0 Å². The summed E-state index contributed by atoms with van der Waals surface area (Å²) in [4.78, 5) is 0. The van der Waals surface area contributed by atoms with Crippen molar-refractivity contribution in [3.8, 4) is 0 Å². The van der Waals surface area contributed by atoms with Gasteiger partial charge < -0.3 is 0 Å². The molecule has 22 heavy (non-hydrogen) atoms. The van der Waals surface area contributed by atoms with Gasteiger partial charge in [-0.2, -0.15) is 0 Å². The van der Waals surface area contributed by atoms with Crippen LogP contribution in [-0.2, 0) is 12.8 Å². The second kappa shape index (κ2) is 7.79. The van der Waals surface area contributed by atoms with Crippen molar-refractivity contribution in [3.63, 3.8) is 0 Å². The van der Waals surface area contributed by atoms with E-state index in [0.29, 0.717) is 0 Å². The summed E-state index contributed by atoms with van der Waals surface area (Å²) < 4.78 is 0. The van der Waals surface area contributed by atoms with Crippen molar-refractivity contribution in [2.75, 3.05) is 0 Å². The smallest absolute Gasteiger partial charge is 0.00262 e. The second-order valence-corrected chi connectivity index (χ2v) is 6.10. The molecule has 0 fully saturated rings. The van der Waals surface area contributed by atoms with Crippen LogP contribution in [0.2, 0.25) is 0 Å². The van der Waals surface area contributed by atoms with Gasteiger partial charge in [0.15, 0.2) is 0 Å². The lowest BCUT2D eigenvalue weighted by atomic mass is 9.90. The molecule has 0 nitrogen and oxygen atoms in total. The molecule has 0 bridgehead atoms. The molecular weight excluding hydrogens is 264 g/mol. The summed E-state index contributed by atoms with van der Waals surface area (Å²) in [5, 5.41) is 0. The van der Waals surface area contributed by atoms with Gasteiger partial charge in [0, 0.05) is 0 Å². The van der Waals surface area contributed by atoms with E-state index >= 15 is 0 Å². The second-order valence-electron chi connectivity index (χ2n) is 6.10. The molecular formula is C22H24. The van der Waals surface area contributed by atoms with Crippen LogP contribution in [0.5, 0.6) is 0 Å². The van der Waals surface area contributed by atoms with Gasteiger partial charge in [-0.1, -0.05) is 78.4 Å². The van der Waals surface area contributed by atoms with Gasteiger partial charge in [0.1, 0.15) is 0 Å². The maximum Gasteiger partial charge on any atom is -0.00262 e. The number of rotatable bonds is 4. The van der Waals surface area contributed by atoms with Gasteiger partial charge in [-0.05, 0) is 55.2 Å². The summed E-state index contributed by atoms with van der Waals surface area (Å²) in [6, 6.07) is 21.7. The molecule has 0 heterocycles. The van der Waals surface area contributed by atoms with Gasteiger partial charge in [-0.15, -0.1) is 0 Å². The summed E-state index contributed by atoms with van der Waals surface area (Å²) in [6.45, 7) is 0. The van der Waals surface area contributed by atoms with Crippen molar-refractivity contribution in [3.05, 3.63) is 95.1 Å². The van der Waals surface area contributed by atoms with Crippen molar-refractivity contribution < 1.29 is 0 Å². The van der Waals surface area contributed by atoms with Gasteiger partial charge in [-0.25, -0.2) is 0 Å². The van der Waals surface area contributed by atoms with E-state index in [1.54, 1.807) is 5.57 Å². The van der Waals surface area contributed by atoms with Crippen LogP contribution in [0, 0.1) is 0 Å². The lowest BCUT2D eigenvalue weighted by Gasteiger charge is -2.16. The molecule has 0 N–H and O–H groups in total. The molecule has 0 saturated carbocycles. The van der Waals surface area contributed by atoms with Crippen molar-refractivity contribution in [2.24, 2.45) is 0 Å². The Balaban J connectivity index is 1.88. The van der Waals surface area contributed by atoms with Crippen LogP contribution >= 0.6 is 0 Å². The lowest BCUT2D eigenvalue weighted by Crippen LogP contribution is -2.01. The predicted molar refractivity (Wildman–Crippen MR) is 94.9 cm³/mol. The fourth-order valence-corrected chi connectivity index (χ4v) is 3.15. The van der Waals surface area contributed by atoms with Gasteiger partial charge >= 0.3 is 0 Å². The van der Waals surface area contributed by atoms with Crippen LogP contribution in [-0.4, -0.2) is 0 Å². The highest BCUT2D eigenvalue weighted by Gasteiger charge is 2.09. The van der Waals surface area contributed by atoms with Crippen LogP contribution in [0.3, 0.4) is 0 Å². The molecule has 0 spiro atoms. The van der Waals surface area contributed by atoms with E-state index in [1.165, 1.54) is 42.4 Å². The number of allylic oxidation sites excluding steroid dienone is 4. The number of benzene rings is 2. The third-order valence-corrected chi connectivity index (χ3v) is 4.37. The first-order valence-corrected chi connectivity index (χ1v) is 8.37. The highest BCUT2D eigenvalue weighted by molar-refractivity contribution is 5.36. The largest absolute Gasteiger partial charge is 0.0843 e. The Bertz CT molecular complexity index is 632. The van der Waals surface area contributed by atoms with E-state index < -0.39 is 0 Å². The SMILES string of the molecule is C1=C\C(Cc2ccccc2)=C(\Cc2ccccc2)CCCC/1. The monoisotopic (exact) mass is 288 g/mol. The Kier molecular flexibility index (Phi) is 5.26. The lowest BCUT2D eigenvalue weighted by molar-refractivity contribution is 0.718. The molecule has 3 rings (SSSR count). The minimum absolute atomic E-state index is 1.06. The molecule has 0 amide bonds. The Morgan fingerprint density at radius 1 is 0.682 bits per heavy atom. The van der Waals surface area contributed by atoms with E-state index in [-0.39, 0.29) is 0 Å². The zero-order valence-electron chi connectivity index (χ0n) is 13.2. The van der Waals surface area contributed by atoms with Crippen molar-refractivity contribution in [2.45, 2.75) is 38.5 Å². The molecule has 112 valence electrons. The molecule has 0 aliphatic heterocycles. The van der Waals surface area contributed by atoms with Gasteiger partial charge in [0.25, 0.3) is 0 Å². The zero-order valence-corrected chi connectivity index (χ0v) is 13.2. The Morgan fingerprint density at radius 3 is 2.00 bits per heavy atom. The maximum atomic E-state index is 2.38. The summed E-state index contributed by atoms with van der Waals surface area (Å²) in [7, 11) is 0. The highest BCUT2D eigenvalue weighted by Crippen LogP contribution is 2.25. The summed E-state index contributed by atoms with van der Waals surface area (Å²) in [6.07, 6.45) is 12.0. The number of hydrogen-bond acceptors (Lipinski definition) is 0. The van der Waals surface area contributed by atoms with Gasteiger partial charge in [0.2, 0.25) is 0 Å². The van der Waals surface area contributed by atoms with Crippen LogP contribution in [0.4, 0.5) is 0 Å². The standard InChI is InChI=1S/C22H24/c1-2-10-16-22(18-20-13-7-4-8-14-20)21(15-9-1)17-19-11-5-3-6-12-19/h3-9,11-15H,1-2,10,16-18H2/b15-9-,22-21-. The van der Waals surface area contributed by atoms with E-state index in [2.05, 4.69) is 72.8 Å². The first-order chi connectivity index (χ1) is 10.9. The average molecular weight is 288 g/mol. The zero-order chi connectivity index (χ0) is 15.0. The molecule has 2 aromatic rings. The summed E-state index contributed by atoms with van der Waals surface area (Å²) in [5.74, 6) is 0. The van der Waals surface area contributed by atoms with Gasteiger partial charge in [0.05, 0.1) is 0 Å². The van der Waals surface area contributed by atoms with Crippen LogP contribution in [0.1, 0.15) is 36.8 Å². The fraction of sp³-hybridized carbons (Fsp3) is 0.273. The van der Waals surface area contributed by atoms with E-state index in [9.17, 15) is 0 Å². The van der Waals surface area contributed by atoms with E-state index in [4.69, 9.17) is 0 Å². The molecule has 1 aliphatic rings. The fourth-order valence-electron chi connectivity index (χ4n) is 3.15. The Labute approximate surface area is 134 Å². The summed E-state index contributed by atoms with van der Waals surface area (Å²) >= 11 is 0. The molecule has 0 atom stereocenters. The molecule has 2 aromatic carbocycles. The minimum Gasteiger partial charge on any atom is -0.0843 e. The van der Waals surface area contributed by atoms with E-state index in [0.717, 1.165) is 12.8 Å². The summed E-state index contributed by atoms with van der Waals surface area (Å²) in [5.41, 5.74) is 5.98. The first kappa shape index (κ1) is 14.8. The Hall–Kier alpha value is -2.08. The van der Waals surface area contributed by atoms with Gasteiger partial charge in [-0.3, -0.25) is 0 Å². The molecule has 0 saturated heterocycles. The molecule has 0 heteroatoms. The van der Waals surface area contributed by atoms with Crippen LogP contribution in [0.25, 0.3) is 0 Å². The third kappa shape index (κ3) is 4.21. The predicted octanol–water partition coefficient (Wildman–Crippen LogP) is 5.90. The quantitative estimate of drug-likeness (QED) is 0.657. The minimum atomic E-state index is 1.06. The third-order valence-electron chi connectivity index (χ3n) is 4.37. The normalized spacial score (nSPS) is 20.2. The Morgan fingerprint density at radius 2 is 1.32 bits per heavy atom. The van der Waals surface area contributed by atoms with Crippen LogP contribution < -0.4 is 0 Å². The molecule has 1 aliphatic carbocycles. The van der Waals surface area contributed by atoms with Crippen LogP contribution in [0.15, 0.2) is 84.0 Å². The molecule has 0 unspecified atom stereocenters. The topological polar surface area (TPSA) is 0 Å². The highest BCUT2D eigenvalue weighted by atomic mass is 14.1. The first-order valence-electron chi connectivity index (χ1n) is 8.37. The van der Waals surface area contributed by atoms with Crippen molar-refractivity contribution >= 4 is 0 Å². The number of hydrogen-bond donors (Lipinski definition) is 0.